The Hall–Kier alpha value is -0.320. The number of halogens is 1. The van der Waals surface area contributed by atoms with Crippen molar-refractivity contribution in [2.75, 3.05) is 6.26 Å². The number of carboxylic acids is 1. The van der Waals surface area contributed by atoms with E-state index in [0.29, 0.717) is 8.82 Å². The highest BCUT2D eigenvalue weighted by molar-refractivity contribution is 14.1. The number of thioether (sulfide) groups is 1. The Balaban J connectivity index is 2.20. The molecule has 1 aliphatic rings. The molecule has 0 saturated heterocycles. The zero-order chi connectivity index (χ0) is 15.6. The van der Waals surface area contributed by atoms with Crippen LogP contribution >= 0.6 is 34.4 Å². The van der Waals surface area contributed by atoms with Crippen LogP contribution in [-0.2, 0) is 10.0 Å². The van der Waals surface area contributed by atoms with Crippen LogP contribution in [0.4, 0.5) is 0 Å². The first-order valence-electron chi connectivity index (χ1n) is 6.41. The van der Waals surface area contributed by atoms with Gasteiger partial charge in [-0.3, -0.25) is 0 Å². The van der Waals surface area contributed by atoms with Crippen LogP contribution < -0.4 is 4.72 Å². The molecule has 0 aliphatic heterocycles. The van der Waals surface area contributed by atoms with Crippen LogP contribution in [0, 0.1) is 3.57 Å². The topological polar surface area (TPSA) is 83.5 Å². The van der Waals surface area contributed by atoms with E-state index in [1.54, 1.807) is 11.8 Å². The highest BCUT2D eigenvalue weighted by Crippen LogP contribution is 2.29. The maximum Gasteiger partial charge on any atom is 0.336 e. The van der Waals surface area contributed by atoms with Gasteiger partial charge in [0.2, 0.25) is 10.0 Å². The number of nitrogens with one attached hydrogen (secondary N) is 1. The van der Waals surface area contributed by atoms with Gasteiger partial charge in [-0.2, -0.15) is 11.8 Å². The third-order valence-electron chi connectivity index (χ3n) is 3.52. The Morgan fingerprint density at radius 1 is 1.43 bits per heavy atom. The molecule has 0 amide bonds. The zero-order valence-electron chi connectivity index (χ0n) is 11.4. The van der Waals surface area contributed by atoms with Crippen LogP contribution in [0.3, 0.4) is 0 Å². The van der Waals surface area contributed by atoms with Crippen molar-refractivity contribution < 1.29 is 18.3 Å². The summed E-state index contributed by atoms with van der Waals surface area (Å²) in [6, 6.07) is 4.10. The Morgan fingerprint density at radius 2 is 2.14 bits per heavy atom. The van der Waals surface area contributed by atoms with Gasteiger partial charge >= 0.3 is 5.97 Å². The average Bonchev–Trinajstić information content (AvgIpc) is 2.85. The van der Waals surface area contributed by atoms with E-state index in [9.17, 15) is 13.2 Å². The minimum absolute atomic E-state index is 0.00638. The zero-order valence-corrected chi connectivity index (χ0v) is 15.2. The van der Waals surface area contributed by atoms with Gasteiger partial charge in [0, 0.05) is 14.9 Å². The smallest absolute Gasteiger partial charge is 0.336 e. The molecule has 1 aromatic carbocycles. The number of carbonyl (C=O) groups is 1. The van der Waals surface area contributed by atoms with E-state index in [2.05, 4.69) is 4.72 Å². The van der Waals surface area contributed by atoms with Gasteiger partial charge in [0.1, 0.15) is 0 Å². The Morgan fingerprint density at radius 3 is 2.71 bits per heavy atom. The maximum atomic E-state index is 12.4. The van der Waals surface area contributed by atoms with Crippen LogP contribution in [-0.4, -0.2) is 37.0 Å². The number of hydrogen-bond acceptors (Lipinski definition) is 4. The van der Waals surface area contributed by atoms with E-state index in [1.807, 2.05) is 28.8 Å². The molecule has 0 aromatic heterocycles. The summed E-state index contributed by atoms with van der Waals surface area (Å²) in [5.74, 6) is -1.13. The van der Waals surface area contributed by atoms with Gasteiger partial charge in [0.25, 0.3) is 0 Å². The lowest BCUT2D eigenvalue weighted by atomic mass is 10.2. The minimum atomic E-state index is -3.67. The largest absolute Gasteiger partial charge is 0.478 e. The van der Waals surface area contributed by atoms with Crippen molar-refractivity contribution in [3.63, 3.8) is 0 Å². The second-order valence-electron chi connectivity index (χ2n) is 4.94. The fourth-order valence-electron chi connectivity index (χ4n) is 2.38. The van der Waals surface area contributed by atoms with Crippen molar-refractivity contribution in [3.8, 4) is 0 Å². The van der Waals surface area contributed by atoms with Gasteiger partial charge in [0.15, 0.2) is 0 Å². The first kappa shape index (κ1) is 17.0. The van der Waals surface area contributed by atoms with Crippen molar-refractivity contribution in [1.29, 1.82) is 0 Å². The first-order valence-corrected chi connectivity index (χ1v) is 10.3. The molecule has 2 N–H and O–H groups in total. The molecular weight excluding hydrogens is 425 g/mol. The standard InChI is InChI=1S/C13H16INO4S2/c1-20-9-3-2-8(6-9)15-21(18,19)10-4-5-12(14)11(7-10)13(16)17/h4-5,7-9,15H,2-3,6H2,1H3,(H,16,17). The highest BCUT2D eigenvalue weighted by Gasteiger charge is 2.28. The summed E-state index contributed by atoms with van der Waals surface area (Å²) in [5, 5.41) is 9.57. The quantitative estimate of drug-likeness (QED) is 0.687. The fourth-order valence-corrected chi connectivity index (χ4v) is 5.06. The minimum Gasteiger partial charge on any atom is -0.478 e. The van der Waals surface area contributed by atoms with Crippen molar-refractivity contribution in [2.45, 2.75) is 35.4 Å². The van der Waals surface area contributed by atoms with Crippen LogP contribution in [0.5, 0.6) is 0 Å². The third-order valence-corrected chi connectivity index (χ3v) is 7.07. The number of benzene rings is 1. The predicted octanol–water partition coefficient (Wildman–Crippen LogP) is 2.55. The van der Waals surface area contributed by atoms with Crippen molar-refractivity contribution in [2.24, 2.45) is 0 Å². The monoisotopic (exact) mass is 441 g/mol. The van der Waals surface area contributed by atoms with Gasteiger partial charge in [-0.25, -0.2) is 17.9 Å². The van der Waals surface area contributed by atoms with E-state index in [4.69, 9.17) is 5.11 Å². The molecule has 2 rings (SSSR count). The summed E-state index contributed by atoms with van der Waals surface area (Å²) >= 11 is 3.63. The first-order chi connectivity index (χ1) is 9.83. The molecule has 8 heteroatoms. The number of sulfonamides is 1. The van der Waals surface area contributed by atoms with E-state index in [0.717, 1.165) is 19.3 Å². The molecule has 0 bridgehead atoms. The SMILES string of the molecule is CSC1CCC(NS(=O)(=O)c2ccc(I)c(C(=O)O)c2)C1. The maximum absolute atomic E-state index is 12.4. The molecule has 21 heavy (non-hydrogen) atoms. The van der Waals surface area contributed by atoms with E-state index in [1.165, 1.54) is 18.2 Å². The van der Waals surface area contributed by atoms with Gasteiger partial charge in [-0.15, -0.1) is 0 Å². The van der Waals surface area contributed by atoms with E-state index >= 15 is 0 Å². The molecular formula is C13H16INO4S2. The fraction of sp³-hybridized carbons (Fsp3) is 0.462. The lowest BCUT2D eigenvalue weighted by Crippen LogP contribution is -2.33. The summed E-state index contributed by atoms with van der Waals surface area (Å²) in [6.07, 6.45) is 4.67. The van der Waals surface area contributed by atoms with Crippen LogP contribution in [0.15, 0.2) is 23.1 Å². The van der Waals surface area contributed by atoms with Crippen LogP contribution in [0.2, 0.25) is 0 Å². The lowest BCUT2D eigenvalue weighted by molar-refractivity contribution is 0.0695. The number of aromatic carboxylic acids is 1. The summed E-state index contributed by atoms with van der Waals surface area (Å²) in [6.45, 7) is 0. The summed E-state index contributed by atoms with van der Waals surface area (Å²) < 4.78 is 27.9. The van der Waals surface area contributed by atoms with Gasteiger partial charge in [-0.1, -0.05) is 0 Å². The Kier molecular flexibility index (Phi) is 5.55. The normalized spacial score (nSPS) is 22.4. The molecule has 1 saturated carbocycles. The number of hydrogen-bond donors (Lipinski definition) is 2. The third kappa shape index (κ3) is 4.11. The molecule has 0 spiro atoms. The average molecular weight is 441 g/mol. The summed E-state index contributed by atoms with van der Waals surface area (Å²) in [7, 11) is -3.67. The second-order valence-corrected chi connectivity index (χ2v) is 8.95. The predicted molar refractivity (Wildman–Crippen MR) is 91.4 cm³/mol. The van der Waals surface area contributed by atoms with E-state index < -0.39 is 16.0 Å². The molecule has 0 heterocycles. The Bertz CT molecular complexity index is 648. The molecule has 1 fully saturated rings. The summed E-state index contributed by atoms with van der Waals surface area (Å²) in [4.78, 5) is 11.1. The van der Waals surface area contributed by atoms with E-state index in [-0.39, 0.29) is 16.5 Å². The van der Waals surface area contributed by atoms with Gasteiger partial charge in [-0.05, 0) is 66.3 Å². The van der Waals surface area contributed by atoms with Crippen LogP contribution in [0.1, 0.15) is 29.6 Å². The molecule has 0 radical (unpaired) electrons. The molecule has 1 aliphatic carbocycles. The molecule has 116 valence electrons. The van der Waals surface area contributed by atoms with Gasteiger partial charge < -0.3 is 5.11 Å². The lowest BCUT2D eigenvalue weighted by Gasteiger charge is -2.14. The highest BCUT2D eigenvalue weighted by atomic mass is 127. The number of carboxylic acid groups (broad SMARTS) is 1. The molecule has 5 nitrogen and oxygen atoms in total. The Labute approximate surface area is 142 Å². The molecule has 2 atom stereocenters. The van der Waals surface area contributed by atoms with Crippen molar-refractivity contribution in [1.82, 2.24) is 4.72 Å². The van der Waals surface area contributed by atoms with Crippen LogP contribution in [0.25, 0.3) is 0 Å². The molecule has 2 unspecified atom stereocenters. The molecule has 1 aromatic rings. The van der Waals surface area contributed by atoms with Gasteiger partial charge in [0.05, 0.1) is 10.5 Å². The number of rotatable bonds is 5. The van der Waals surface area contributed by atoms with Crippen molar-refractivity contribution >= 4 is 50.3 Å². The van der Waals surface area contributed by atoms with Crippen molar-refractivity contribution in [3.05, 3.63) is 27.3 Å². The summed E-state index contributed by atoms with van der Waals surface area (Å²) in [5.41, 5.74) is 0.00638. The second kappa shape index (κ2) is 6.84.